The van der Waals surface area contributed by atoms with Gasteiger partial charge in [0, 0.05) is 17.6 Å². The van der Waals surface area contributed by atoms with Gasteiger partial charge in [-0.3, -0.25) is 9.54 Å². The van der Waals surface area contributed by atoms with E-state index in [1.54, 1.807) is 13.3 Å². The summed E-state index contributed by atoms with van der Waals surface area (Å²) < 4.78 is 28.0. The largest absolute Gasteiger partial charge is 0.497 e. The molecule has 6 heteroatoms. The Morgan fingerprint density at radius 1 is 1.12 bits per heavy atom. The quantitative estimate of drug-likeness (QED) is 0.681. The lowest BCUT2D eigenvalue weighted by Crippen LogP contribution is -2.37. The van der Waals surface area contributed by atoms with Gasteiger partial charge in [0.15, 0.2) is 0 Å². The van der Waals surface area contributed by atoms with Crippen molar-refractivity contribution in [3.05, 3.63) is 60.3 Å². The van der Waals surface area contributed by atoms with Crippen LogP contribution in [0.25, 0.3) is 22.0 Å². The SMILES string of the molecule is COc1ccc2c(-c3ccc(C(C)(C)NS(=O)O)cc3)ccnc2c1. The molecule has 0 saturated carbocycles. The van der Waals surface area contributed by atoms with E-state index in [4.69, 9.17) is 9.29 Å². The second kappa shape index (κ2) is 6.92. The highest BCUT2D eigenvalue weighted by molar-refractivity contribution is 7.77. The average Bonchev–Trinajstić information content (AvgIpc) is 2.59. The number of fused-ring (bicyclic) bond motifs is 1. The van der Waals surface area contributed by atoms with Crippen LogP contribution < -0.4 is 9.46 Å². The summed E-state index contributed by atoms with van der Waals surface area (Å²) in [7, 11) is 1.64. The van der Waals surface area contributed by atoms with Gasteiger partial charge in [0.25, 0.3) is 0 Å². The first-order chi connectivity index (χ1) is 11.9. The van der Waals surface area contributed by atoms with Gasteiger partial charge in [0.1, 0.15) is 5.75 Å². The summed E-state index contributed by atoms with van der Waals surface area (Å²) in [6, 6.07) is 15.8. The Bertz CT molecular complexity index is 924. The highest BCUT2D eigenvalue weighted by atomic mass is 32.2. The summed E-state index contributed by atoms with van der Waals surface area (Å²) in [6.07, 6.45) is 1.78. The summed E-state index contributed by atoms with van der Waals surface area (Å²) >= 11 is -2.07. The first kappa shape index (κ1) is 17.5. The Balaban J connectivity index is 2.00. The van der Waals surface area contributed by atoms with E-state index in [0.717, 1.165) is 33.3 Å². The Hall–Kier alpha value is -2.28. The lowest BCUT2D eigenvalue weighted by molar-refractivity contribution is 0.415. The molecule has 1 heterocycles. The maximum Gasteiger partial charge on any atom is 0.232 e. The van der Waals surface area contributed by atoms with Crippen molar-refractivity contribution in [3.63, 3.8) is 0 Å². The van der Waals surface area contributed by atoms with E-state index in [9.17, 15) is 4.21 Å². The fraction of sp³-hybridized carbons (Fsp3) is 0.211. The van der Waals surface area contributed by atoms with Gasteiger partial charge < -0.3 is 4.74 Å². The van der Waals surface area contributed by atoms with Crippen molar-refractivity contribution >= 4 is 22.2 Å². The molecular weight excluding hydrogens is 336 g/mol. The molecule has 0 aliphatic rings. The number of benzene rings is 2. The molecule has 0 spiro atoms. The van der Waals surface area contributed by atoms with Crippen LogP contribution in [0.5, 0.6) is 5.75 Å². The predicted octanol–water partition coefficient (Wildman–Crippen LogP) is 3.87. The summed E-state index contributed by atoms with van der Waals surface area (Å²) in [5.41, 5.74) is 3.33. The molecule has 0 saturated heterocycles. The highest BCUT2D eigenvalue weighted by Crippen LogP contribution is 2.31. The molecule has 1 unspecified atom stereocenters. The summed E-state index contributed by atoms with van der Waals surface area (Å²) in [5, 5.41) is 1.05. The third kappa shape index (κ3) is 3.71. The number of hydrogen-bond acceptors (Lipinski definition) is 3. The van der Waals surface area contributed by atoms with Crippen molar-refractivity contribution in [1.29, 1.82) is 0 Å². The number of methoxy groups -OCH3 is 1. The van der Waals surface area contributed by atoms with E-state index in [2.05, 4.69) is 9.71 Å². The number of nitrogens with zero attached hydrogens (tertiary/aromatic N) is 1. The summed E-state index contributed by atoms with van der Waals surface area (Å²) in [4.78, 5) is 4.41. The van der Waals surface area contributed by atoms with Crippen LogP contribution in [0.1, 0.15) is 19.4 Å². The standard InChI is InChI=1S/C19H20N2O3S/c1-19(2,21-25(22)23)14-6-4-13(5-7-14)16-10-11-20-18-12-15(24-3)8-9-17(16)18/h4-12,21H,1-3H3,(H,22,23). The van der Waals surface area contributed by atoms with Crippen molar-refractivity contribution in [2.75, 3.05) is 7.11 Å². The van der Waals surface area contributed by atoms with Crippen LogP contribution in [0, 0.1) is 0 Å². The van der Waals surface area contributed by atoms with E-state index in [1.807, 2.05) is 62.4 Å². The topological polar surface area (TPSA) is 71.5 Å². The molecule has 0 bridgehead atoms. The Morgan fingerprint density at radius 3 is 2.48 bits per heavy atom. The van der Waals surface area contributed by atoms with Gasteiger partial charge in [0.05, 0.1) is 18.2 Å². The van der Waals surface area contributed by atoms with Crippen LogP contribution in [-0.4, -0.2) is 20.9 Å². The minimum Gasteiger partial charge on any atom is -0.497 e. The van der Waals surface area contributed by atoms with Crippen molar-refractivity contribution < 1.29 is 13.5 Å². The minimum atomic E-state index is -2.07. The van der Waals surface area contributed by atoms with Crippen LogP contribution >= 0.6 is 0 Å². The zero-order chi connectivity index (χ0) is 18.0. The average molecular weight is 356 g/mol. The van der Waals surface area contributed by atoms with Gasteiger partial charge in [-0.1, -0.05) is 24.3 Å². The third-order valence-corrected chi connectivity index (χ3v) is 4.89. The van der Waals surface area contributed by atoms with Gasteiger partial charge in [-0.05, 0) is 48.7 Å². The molecule has 130 valence electrons. The smallest absolute Gasteiger partial charge is 0.232 e. The lowest BCUT2D eigenvalue weighted by Gasteiger charge is -2.24. The second-order valence-corrected chi connectivity index (χ2v) is 7.00. The van der Waals surface area contributed by atoms with Crippen LogP contribution in [0.3, 0.4) is 0 Å². The molecule has 0 aliphatic heterocycles. The lowest BCUT2D eigenvalue weighted by atomic mass is 9.93. The third-order valence-electron chi connectivity index (χ3n) is 4.21. The first-order valence-corrected chi connectivity index (χ1v) is 8.94. The Labute approximate surface area is 149 Å². The molecule has 1 atom stereocenters. The van der Waals surface area contributed by atoms with E-state index >= 15 is 0 Å². The second-order valence-electron chi connectivity index (χ2n) is 6.30. The molecule has 2 N–H and O–H groups in total. The van der Waals surface area contributed by atoms with Gasteiger partial charge in [-0.15, -0.1) is 0 Å². The molecule has 3 rings (SSSR count). The molecule has 0 amide bonds. The maximum absolute atomic E-state index is 11.1. The fourth-order valence-electron chi connectivity index (χ4n) is 2.85. The molecule has 0 aliphatic carbocycles. The predicted molar refractivity (Wildman–Crippen MR) is 101 cm³/mol. The minimum absolute atomic E-state index is 0.605. The number of aromatic nitrogens is 1. The molecule has 1 aromatic heterocycles. The first-order valence-electron chi connectivity index (χ1n) is 7.83. The van der Waals surface area contributed by atoms with Crippen molar-refractivity contribution in [3.8, 4) is 16.9 Å². The number of rotatable bonds is 5. The Kier molecular flexibility index (Phi) is 4.85. The van der Waals surface area contributed by atoms with Gasteiger partial charge in [0.2, 0.25) is 11.3 Å². The molecular formula is C19H20N2O3S. The van der Waals surface area contributed by atoms with Gasteiger partial charge >= 0.3 is 0 Å². The molecule has 3 aromatic rings. The highest BCUT2D eigenvalue weighted by Gasteiger charge is 2.22. The number of ether oxygens (including phenoxy) is 1. The van der Waals surface area contributed by atoms with E-state index in [1.165, 1.54) is 0 Å². The van der Waals surface area contributed by atoms with Crippen molar-refractivity contribution in [1.82, 2.24) is 9.71 Å². The van der Waals surface area contributed by atoms with E-state index in [0.29, 0.717) is 0 Å². The molecule has 2 aromatic carbocycles. The fourth-order valence-corrected chi connectivity index (χ4v) is 3.40. The zero-order valence-corrected chi connectivity index (χ0v) is 15.1. The molecule has 25 heavy (non-hydrogen) atoms. The van der Waals surface area contributed by atoms with E-state index in [-0.39, 0.29) is 0 Å². The van der Waals surface area contributed by atoms with Crippen LogP contribution in [0.15, 0.2) is 54.7 Å². The molecule has 0 fully saturated rings. The zero-order valence-electron chi connectivity index (χ0n) is 14.3. The number of hydrogen-bond donors (Lipinski definition) is 2. The van der Waals surface area contributed by atoms with Crippen LogP contribution in [-0.2, 0) is 16.8 Å². The maximum atomic E-state index is 11.1. The molecule has 5 nitrogen and oxygen atoms in total. The molecule has 0 radical (unpaired) electrons. The number of nitrogens with one attached hydrogen (secondary N) is 1. The van der Waals surface area contributed by atoms with Crippen molar-refractivity contribution in [2.24, 2.45) is 0 Å². The van der Waals surface area contributed by atoms with Crippen molar-refractivity contribution in [2.45, 2.75) is 19.4 Å². The van der Waals surface area contributed by atoms with Crippen LogP contribution in [0.2, 0.25) is 0 Å². The monoisotopic (exact) mass is 356 g/mol. The van der Waals surface area contributed by atoms with E-state index < -0.39 is 16.8 Å². The van der Waals surface area contributed by atoms with Crippen LogP contribution in [0.4, 0.5) is 0 Å². The normalized spacial score (nSPS) is 13.0. The summed E-state index contributed by atoms with van der Waals surface area (Å²) in [6.45, 7) is 3.73. The number of pyridine rings is 1. The van der Waals surface area contributed by atoms with Gasteiger partial charge in [-0.2, -0.15) is 0 Å². The Morgan fingerprint density at radius 2 is 1.84 bits per heavy atom. The van der Waals surface area contributed by atoms with Gasteiger partial charge in [-0.25, -0.2) is 8.93 Å². The summed E-state index contributed by atoms with van der Waals surface area (Å²) in [5.74, 6) is 0.775.